The van der Waals surface area contributed by atoms with Crippen LogP contribution in [0.2, 0.25) is 10.0 Å². The lowest BCUT2D eigenvalue weighted by molar-refractivity contribution is 0.0941. The third-order valence-corrected chi connectivity index (χ3v) is 6.03. The molecule has 1 heterocycles. The molecule has 0 spiro atoms. The zero-order valence-corrected chi connectivity index (χ0v) is 14.2. The lowest BCUT2D eigenvalue weighted by atomic mass is 10.2. The van der Waals surface area contributed by atoms with Crippen LogP contribution in [0.3, 0.4) is 0 Å². The minimum atomic E-state index is -3.74. The number of sulfonamides is 1. The van der Waals surface area contributed by atoms with Crippen molar-refractivity contribution in [2.75, 3.05) is 19.7 Å². The highest BCUT2D eigenvalue weighted by molar-refractivity contribution is 7.89. The molecule has 0 aliphatic carbocycles. The highest BCUT2D eigenvalue weighted by Crippen LogP contribution is 2.27. The van der Waals surface area contributed by atoms with Crippen LogP contribution in [0.4, 0.5) is 0 Å². The van der Waals surface area contributed by atoms with Gasteiger partial charge in [0.1, 0.15) is 0 Å². The molecule has 1 atom stereocenters. The predicted molar refractivity (Wildman–Crippen MR) is 84.4 cm³/mol. The highest BCUT2D eigenvalue weighted by atomic mass is 35.5. The summed E-state index contributed by atoms with van der Waals surface area (Å²) in [7, 11) is -3.74. The Morgan fingerprint density at radius 1 is 1.36 bits per heavy atom. The Morgan fingerprint density at radius 3 is 2.73 bits per heavy atom. The molecule has 0 saturated carbocycles. The topological polar surface area (TPSA) is 70.4 Å². The van der Waals surface area contributed by atoms with Gasteiger partial charge in [0, 0.05) is 26.1 Å². The van der Waals surface area contributed by atoms with Gasteiger partial charge in [0.05, 0.1) is 27.1 Å². The molecule has 0 bridgehead atoms. The Labute approximate surface area is 140 Å². The molecule has 1 saturated heterocycles. The average Bonchev–Trinajstić information content (AvgIpc) is 2.99. The first-order valence-electron chi connectivity index (χ1n) is 6.89. The Bertz CT molecular complexity index is 667. The first kappa shape index (κ1) is 17.5. The normalized spacial score (nSPS) is 18.5. The maximum absolute atomic E-state index is 12.7. The lowest BCUT2D eigenvalue weighted by Gasteiger charge is -2.24. The smallest absolute Gasteiger partial charge is 0.243 e. The van der Waals surface area contributed by atoms with Crippen molar-refractivity contribution in [3.05, 3.63) is 28.2 Å². The fourth-order valence-electron chi connectivity index (χ4n) is 2.29. The van der Waals surface area contributed by atoms with Crippen molar-refractivity contribution in [2.24, 2.45) is 0 Å². The van der Waals surface area contributed by atoms with E-state index in [1.807, 2.05) is 6.07 Å². The van der Waals surface area contributed by atoms with Gasteiger partial charge in [0.2, 0.25) is 10.0 Å². The number of rotatable bonds is 6. The molecule has 5 nitrogen and oxygen atoms in total. The van der Waals surface area contributed by atoms with Crippen molar-refractivity contribution in [3.63, 3.8) is 0 Å². The van der Waals surface area contributed by atoms with Crippen LogP contribution in [0.5, 0.6) is 0 Å². The SMILES string of the molecule is N#CCCN(CC1CCCO1)S(=O)(=O)c1ccc(Cl)c(Cl)c1. The minimum Gasteiger partial charge on any atom is -0.377 e. The molecule has 1 aromatic carbocycles. The van der Waals surface area contributed by atoms with E-state index in [1.54, 1.807) is 0 Å². The number of benzene rings is 1. The van der Waals surface area contributed by atoms with Crippen LogP contribution in [0.1, 0.15) is 19.3 Å². The van der Waals surface area contributed by atoms with E-state index in [1.165, 1.54) is 22.5 Å². The standard InChI is InChI=1S/C14H16Cl2N2O3S/c15-13-5-4-12(9-14(13)16)22(19,20)18(7-2-6-17)10-11-3-1-8-21-11/h4-5,9,11H,1-3,7-8,10H2. The van der Waals surface area contributed by atoms with E-state index in [4.69, 9.17) is 33.2 Å². The second-order valence-electron chi connectivity index (χ2n) is 4.98. The molecule has 1 unspecified atom stereocenters. The second kappa shape index (κ2) is 7.62. The fourth-order valence-corrected chi connectivity index (χ4v) is 4.15. The minimum absolute atomic E-state index is 0.0674. The maximum Gasteiger partial charge on any atom is 0.243 e. The molecule has 0 amide bonds. The van der Waals surface area contributed by atoms with E-state index in [9.17, 15) is 8.42 Å². The van der Waals surface area contributed by atoms with Crippen molar-refractivity contribution in [1.82, 2.24) is 4.31 Å². The molecule has 0 aromatic heterocycles. The van der Waals surface area contributed by atoms with Gasteiger partial charge in [-0.25, -0.2) is 8.42 Å². The van der Waals surface area contributed by atoms with Crippen LogP contribution in [0.25, 0.3) is 0 Å². The van der Waals surface area contributed by atoms with Crippen LogP contribution in [0, 0.1) is 11.3 Å². The van der Waals surface area contributed by atoms with Gasteiger partial charge in [-0.3, -0.25) is 0 Å². The van der Waals surface area contributed by atoms with E-state index >= 15 is 0 Å². The maximum atomic E-state index is 12.7. The van der Waals surface area contributed by atoms with Gasteiger partial charge < -0.3 is 4.74 Å². The summed E-state index contributed by atoms with van der Waals surface area (Å²) >= 11 is 11.7. The van der Waals surface area contributed by atoms with Crippen molar-refractivity contribution in [3.8, 4) is 6.07 Å². The van der Waals surface area contributed by atoms with E-state index in [2.05, 4.69) is 0 Å². The van der Waals surface area contributed by atoms with Gasteiger partial charge in [-0.15, -0.1) is 0 Å². The zero-order chi connectivity index (χ0) is 16.2. The highest BCUT2D eigenvalue weighted by Gasteiger charge is 2.29. The van der Waals surface area contributed by atoms with Crippen LogP contribution in [0.15, 0.2) is 23.1 Å². The third kappa shape index (κ3) is 4.12. The molecule has 1 fully saturated rings. The molecular weight excluding hydrogens is 347 g/mol. The first-order valence-corrected chi connectivity index (χ1v) is 9.08. The number of ether oxygens (including phenoxy) is 1. The van der Waals surface area contributed by atoms with Gasteiger partial charge in [0.25, 0.3) is 0 Å². The average molecular weight is 363 g/mol. The first-order chi connectivity index (χ1) is 10.4. The molecule has 1 aromatic rings. The molecule has 8 heteroatoms. The van der Waals surface area contributed by atoms with E-state index in [0.29, 0.717) is 11.6 Å². The lowest BCUT2D eigenvalue weighted by Crippen LogP contribution is -2.38. The summed E-state index contributed by atoms with van der Waals surface area (Å²) in [5, 5.41) is 9.23. The van der Waals surface area contributed by atoms with Crippen LogP contribution >= 0.6 is 23.2 Å². The van der Waals surface area contributed by atoms with Crippen molar-refractivity contribution in [2.45, 2.75) is 30.3 Å². The molecule has 1 aliphatic heterocycles. The van der Waals surface area contributed by atoms with E-state index in [-0.39, 0.29) is 35.5 Å². The monoisotopic (exact) mass is 362 g/mol. The van der Waals surface area contributed by atoms with Crippen LogP contribution < -0.4 is 0 Å². The van der Waals surface area contributed by atoms with Gasteiger partial charge >= 0.3 is 0 Å². The summed E-state index contributed by atoms with van der Waals surface area (Å²) in [6.07, 6.45) is 1.73. The summed E-state index contributed by atoms with van der Waals surface area (Å²) in [5.74, 6) is 0. The number of hydrogen-bond acceptors (Lipinski definition) is 4. The predicted octanol–water partition coefficient (Wildman–Crippen LogP) is 3.08. The zero-order valence-electron chi connectivity index (χ0n) is 11.8. The number of halogens is 2. The summed E-state index contributed by atoms with van der Waals surface area (Å²) in [6, 6.07) is 6.17. The molecule has 120 valence electrons. The van der Waals surface area contributed by atoms with Gasteiger partial charge in [0.15, 0.2) is 0 Å². The molecular formula is C14H16Cl2N2O3S. The molecule has 1 aliphatic rings. The Balaban J connectivity index is 2.26. The summed E-state index contributed by atoms with van der Waals surface area (Å²) in [4.78, 5) is 0.0674. The Hall–Kier alpha value is -0.840. The van der Waals surface area contributed by atoms with E-state index < -0.39 is 10.0 Å². The quantitative estimate of drug-likeness (QED) is 0.779. The van der Waals surface area contributed by atoms with E-state index in [0.717, 1.165) is 12.8 Å². The Morgan fingerprint density at radius 2 is 2.14 bits per heavy atom. The molecule has 22 heavy (non-hydrogen) atoms. The summed E-state index contributed by atoms with van der Waals surface area (Å²) in [5.41, 5.74) is 0. The molecule has 0 radical (unpaired) electrons. The molecule has 0 N–H and O–H groups in total. The van der Waals surface area contributed by atoms with Crippen LogP contribution in [-0.2, 0) is 14.8 Å². The van der Waals surface area contributed by atoms with Gasteiger partial charge in [-0.2, -0.15) is 9.57 Å². The number of nitriles is 1. The van der Waals surface area contributed by atoms with Crippen molar-refractivity contribution < 1.29 is 13.2 Å². The number of nitrogens with zero attached hydrogens (tertiary/aromatic N) is 2. The van der Waals surface area contributed by atoms with Crippen molar-refractivity contribution >= 4 is 33.2 Å². The largest absolute Gasteiger partial charge is 0.377 e. The van der Waals surface area contributed by atoms with Crippen molar-refractivity contribution in [1.29, 1.82) is 5.26 Å². The van der Waals surface area contributed by atoms with Gasteiger partial charge in [-0.1, -0.05) is 23.2 Å². The Kier molecular flexibility index (Phi) is 6.07. The number of hydrogen-bond donors (Lipinski definition) is 0. The second-order valence-corrected chi connectivity index (χ2v) is 7.73. The van der Waals surface area contributed by atoms with Crippen LogP contribution in [-0.4, -0.2) is 38.5 Å². The van der Waals surface area contributed by atoms with Gasteiger partial charge in [-0.05, 0) is 31.0 Å². The fraction of sp³-hybridized carbons (Fsp3) is 0.500. The summed E-state index contributed by atoms with van der Waals surface area (Å²) < 4.78 is 32.3. The molecule has 2 rings (SSSR count). The third-order valence-electron chi connectivity index (χ3n) is 3.43. The summed E-state index contributed by atoms with van der Waals surface area (Å²) in [6.45, 7) is 1.01.